The van der Waals surface area contributed by atoms with Crippen molar-refractivity contribution in [3.05, 3.63) is 0 Å². The highest BCUT2D eigenvalue weighted by Crippen LogP contribution is 2.34. The molecule has 0 radical (unpaired) electrons. The summed E-state index contributed by atoms with van der Waals surface area (Å²) in [6.07, 6.45) is 5.58. The summed E-state index contributed by atoms with van der Waals surface area (Å²) in [7, 11) is 0. The zero-order valence-electron chi connectivity index (χ0n) is 12.6. The van der Waals surface area contributed by atoms with Gasteiger partial charge in [-0.1, -0.05) is 40.0 Å². The van der Waals surface area contributed by atoms with E-state index in [9.17, 15) is 5.11 Å². The van der Waals surface area contributed by atoms with Crippen molar-refractivity contribution in [1.82, 2.24) is 0 Å². The fourth-order valence-corrected chi connectivity index (χ4v) is 2.67. The van der Waals surface area contributed by atoms with Gasteiger partial charge in [0.1, 0.15) is 0 Å². The molecule has 0 spiro atoms. The third kappa shape index (κ3) is 5.87. The van der Waals surface area contributed by atoms with Gasteiger partial charge in [-0.3, -0.25) is 0 Å². The van der Waals surface area contributed by atoms with E-state index in [0.29, 0.717) is 5.92 Å². The standard InChI is InChI=1S/C13H26O2.C2H6/c1-10-7-5-6-8-12(10)11(2)15-13(3,4)9-14;1-2/h10-12,14H,5-9H2,1-4H3;1-2H3. The van der Waals surface area contributed by atoms with E-state index in [-0.39, 0.29) is 12.7 Å². The lowest BCUT2D eigenvalue weighted by Gasteiger charge is -2.37. The van der Waals surface area contributed by atoms with E-state index in [1.165, 1.54) is 25.7 Å². The Morgan fingerprint density at radius 2 is 1.76 bits per heavy atom. The smallest absolute Gasteiger partial charge is 0.0859 e. The maximum absolute atomic E-state index is 9.18. The topological polar surface area (TPSA) is 29.5 Å². The van der Waals surface area contributed by atoms with Crippen molar-refractivity contribution in [3.8, 4) is 0 Å². The number of ether oxygens (including phenoxy) is 1. The van der Waals surface area contributed by atoms with Crippen LogP contribution in [-0.4, -0.2) is 23.4 Å². The van der Waals surface area contributed by atoms with Crippen molar-refractivity contribution in [1.29, 1.82) is 0 Å². The predicted molar refractivity (Wildman–Crippen MR) is 74.2 cm³/mol. The number of rotatable bonds is 4. The minimum Gasteiger partial charge on any atom is -0.393 e. The molecule has 0 heterocycles. The molecule has 2 heteroatoms. The highest BCUT2D eigenvalue weighted by molar-refractivity contribution is 4.79. The van der Waals surface area contributed by atoms with Crippen LogP contribution >= 0.6 is 0 Å². The number of aliphatic hydroxyl groups is 1. The van der Waals surface area contributed by atoms with E-state index in [4.69, 9.17) is 4.74 Å². The van der Waals surface area contributed by atoms with E-state index < -0.39 is 5.60 Å². The molecule has 0 bridgehead atoms. The molecule has 0 aromatic rings. The van der Waals surface area contributed by atoms with Gasteiger partial charge in [-0.25, -0.2) is 0 Å². The van der Waals surface area contributed by atoms with Crippen molar-refractivity contribution in [2.45, 2.75) is 78.9 Å². The molecule has 17 heavy (non-hydrogen) atoms. The monoisotopic (exact) mass is 244 g/mol. The number of aliphatic hydroxyl groups excluding tert-OH is 1. The SMILES string of the molecule is CC.CC1CCCCC1C(C)OC(C)(C)CO. The summed E-state index contributed by atoms with van der Waals surface area (Å²) >= 11 is 0. The molecule has 0 amide bonds. The summed E-state index contributed by atoms with van der Waals surface area (Å²) in [6, 6.07) is 0. The number of hydrogen-bond donors (Lipinski definition) is 1. The quantitative estimate of drug-likeness (QED) is 0.809. The van der Waals surface area contributed by atoms with Gasteiger partial charge in [-0.2, -0.15) is 0 Å². The Morgan fingerprint density at radius 3 is 2.24 bits per heavy atom. The molecule has 0 aromatic carbocycles. The Balaban J connectivity index is 0.00000121. The van der Waals surface area contributed by atoms with Gasteiger partial charge in [-0.15, -0.1) is 0 Å². The summed E-state index contributed by atoms with van der Waals surface area (Å²) in [5, 5.41) is 9.18. The maximum Gasteiger partial charge on any atom is 0.0859 e. The molecule has 1 fully saturated rings. The number of hydrogen-bond acceptors (Lipinski definition) is 2. The van der Waals surface area contributed by atoms with Gasteiger partial charge >= 0.3 is 0 Å². The van der Waals surface area contributed by atoms with E-state index in [1.807, 2.05) is 27.7 Å². The first-order valence-electron chi connectivity index (χ1n) is 7.25. The van der Waals surface area contributed by atoms with Gasteiger partial charge in [0.15, 0.2) is 0 Å². The third-order valence-corrected chi connectivity index (χ3v) is 3.67. The summed E-state index contributed by atoms with van der Waals surface area (Å²) < 4.78 is 5.95. The fourth-order valence-electron chi connectivity index (χ4n) is 2.67. The molecule has 1 rings (SSSR count). The molecule has 0 aliphatic heterocycles. The Bertz CT molecular complexity index is 189. The van der Waals surface area contributed by atoms with Crippen LogP contribution < -0.4 is 0 Å². The van der Waals surface area contributed by atoms with Crippen molar-refractivity contribution < 1.29 is 9.84 Å². The summed E-state index contributed by atoms with van der Waals surface area (Å²) in [5.41, 5.74) is -0.392. The molecule has 1 aliphatic carbocycles. The molecular weight excluding hydrogens is 212 g/mol. The van der Waals surface area contributed by atoms with Gasteiger partial charge in [0, 0.05) is 0 Å². The van der Waals surface area contributed by atoms with Crippen LogP contribution in [0.3, 0.4) is 0 Å². The average Bonchev–Trinajstić information content (AvgIpc) is 2.31. The molecule has 1 aliphatic rings. The molecule has 1 saturated carbocycles. The van der Waals surface area contributed by atoms with E-state index in [1.54, 1.807) is 0 Å². The molecule has 104 valence electrons. The van der Waals surface area contributed by atoms with Crippen molar-refractivity contribution in [2.24, 2.45) is 11.8 Å². The Hall–Kier alpha value is -0.0800. The molecular formula is C15H32O2. The minimum absolute atomic E-state index is 0.0957. The van der Waals surface area contributed by atoms with Crippen LogP contribution in [0.2, 0.25) is 0 Å². The van der Waals surface area contributed by atoms with Crippen LogP contribution in [-0.2, 0) is 4.74 Å². The average molecular weight is 244 g/mol. The van der Waals surface area contributed by atoms with Gasteiger partial charge in [0.05, 0.1) is 18.3 Å². The summed E-state index contributed by atoms with van der Waals surface area (Å²) in [5.74, 6) is 1.44. The first kappa shape index (κ1) is 16.9. The molecule has 0 aromatic heterocycles. The lowest BCUT2D eigenvalue weighted by Crippen LogP contribution is -2.38. The van der Waals surface area contributed by atoms with Crippen molar-refractivity contribution >= 4 is 0 Å². The van der Waals surface area contributed by atoms with Crippen LogP contribution in [0, 0.1) is 11.8 Å². The normalized spacial score (nSPS) is 27.0. The van der Waals surface area contributed by atoms with E-state index in [2.05, 4.69) is 13.8 Å². The minimum atomic E-state index is -0.392. The molecule has 2 nitrogen and oxygen atoms in total. The van der Waals surface area contributed by atoms with E-state index >= 15 is 0 Å². The van der Waals surface area contributed by atoms with E-state index in [0.717, 1.165) is 5.92 Å². The van der Waals surface area contributed by atoms with Crippen LogP contribution in [0.4, 0.5) is 0 Å². The van der Waals surface area contributed by atoms with Gasteiger partial charge < -0.3 is 9.84 Å². The van der Waals surface area contributed by atoms with Gasteiger partial charge in [-0.05, 0) is 39.0 Å². The second-order valence-corrected chi connectivity index (χ2v) is 5.67. The predicted octanol–water partition coefficient (Wildman–Crippen LogP) is 4.01. The van der Waals surface area contributed by atoms with Gasteiger partial charge in [0.2, 0.25) is 0 Å². The molecule has 3 unspecified atom stereocenters. The second kappa shape index (κ2) is 8.10. The first-order valence-corrected chi connectivity index (χ1v) is 7.25. The highest BCUT2D eigenvalue weighted by atomic mass is 16.5. The molecule has 0 saturated heterocycles. The Labute approximate surface area is 108 Å². The first-order chi connectivity index (χ1) is 7.96. The van der Waals surface area contributed by atoms with Crippen LogP contribution in [0.5, 0.6) is 0 Å². The van der Waals surface area contributed by atoms with Gasteiger partial charge in [0.25, 0.3) is 0 Å². The highest BCUT2D eigenvalue weighted by Gasteiger charge is 2.30. The zero-order valence-corrected chi connectivity index (χ0v) is 12.6. The largest absolute Gasteiger partial charge is 0.393 e. The second-order valence-electron chi connectivity index (χ2n) is 5.67. The fraction of sp³-hybridized carbons (Fsp3) is 1.00. The third-order valence-electron chi connectivity index (χ3n) is 3.67. The Morgan fingerprint density at radius 1 is 1.24 bits per heavy atom. The lowest BCUT2D eigenvalue weighted by atomic mass is 9.77. The summed E-state index contributed by atoms with van der Waals surface area (Å²) in [4.78, 5) is 0. The Kier molecular flexibility index (Phi) is 8.06. The zero-order chi connectivity index (χ0) is 13.5. The van der Waals surface area contributed by atoms with Crippen molar-refractivity contribution in [2.75, 3.05) is 6.61 Å². The molecule has 3 atom stereocenters. The van der Waals surface area contributed by atoms with Crippen molar-refractivity contribution in [3.63, 3.8) is 0 Å². The van der Waals surface area contributed by atoms with Crippen LogP contribution in [0.1, 0.15) is 67.2 Å². The van der Waals surface area contributed by atoms with Crippen LogP contribution in [0.25, 0.3) is 0 Å². The lowest BCUT2D eigenvalue weighted by molar-refractivity contribution is -0.121. The van der Waals surface area contributed by atoms with Crippen LogP contribution in [0.15, 0.2) is 0 Å². The summed E-state index contributed by atoms with van der Waals surface area (Å²) in [6.45, 7) is 12.5. The molecule has 1 N–H and O–H groups in total. The maximum atomic E-state index is 9.18.